The second-order valence-corrected chi connectivity index (χ2v) is 4.98. The summed E-state index contributed by atoms with van der Waals surface area (Å²) >= 11 is 0. The minimum Gasteiger partial charge on any atom is -0.462 e. The van der Waals surface area contributed by atoms with Crippen LogP contribution in [0.15, 0.2) is 55.5 Å². The summed E-state index contributed by atoms with van der Waals surface area (Å²) < 4.78 is 5.18. The number of benzene rings is 1. The van der Waals surface area contributed by atoms with Crippen molar-refractivity contribution >= 4 is 22.9 Å². The summed E-state index contributed by atoms with van der Waals surface area (Å²) in [6, 6.07) is 9.60. The number of hydrogen-bond donors (Lipinski definition) is 0. The van der Waals surface area contributed by atoms with Crippen LogP contribution >= 0.6 is 0 Å². The van der Waals surface area contributed by atoms with Crippen molar-refractivity contribution in [1.82, 2.24) is 9.97 Å². The lowest BCUT2D eigenvalue weighted by molar-refractivity contribution is 0.0527. The standard InChI is InChI=1S/C19H16N2O2/c1-3-13-5-6-17-15(11-13)18(14-7-9-20-10-8-14)16(12-21-17)19(22)23-4-2/h3,5-12H,1,4H2,2H3. The predicted molar refractivity (Wildman–Crippen MR) is 91.0 cm³/mol. The van der Waals surface area contributed by atoms with Crippen LogP contribution in [0, 0.1) is 0 Å². The summed E-state index contributed by atoms with van der Waals surface area (Å²) in [7, 11) is 0. The van der Waals surface area contributed by atoms with E-state index >= 15 is 0 Å². The Bertz CT molecular complexity index is 873. The van der Waals surface area contributed by atoms with E-state index in [4.69, 9.17) is 4.74 Å². The summed E-state index contributed by atoms with van der Waals surface area (Å²) in [5.74, 6) is -0.377. The van der Waals surface area contributed by atoms with E-state index in [1.165, 1.54) is 0 Å². The van der Waals surface area contributed by atoms with Gasteiger partial charge < -0.3 is 4.74 Å². The highest BCUT2D eigenvalue weighted by Gasteiger charge is 2.18. The van der Waals surface area contributed by atoms with Gasteiger partial charge in [-0.3, -0.25) is 9.97 Å². The quantitative estimate of drug-likeness (QED) is 0.680. The lowest BCUT2D eigenvalue weighted by atomic mass is 9.96. The third-order valence-corrected chi connectivity index (χ3v) is 3.59. The maximum atomic E-state index is 12.3. The zero-order valence-corrected chi connectivity index (χ0v) is 12.8. The van der Waals surface area contributed by atoms with Gasteiger partial charge in [0, 0.05) is 29.5 Å². The Morgan fingerprint density at radius 1 is 1.26 bits per heavy atom. The van der Waals surface area contributed by atoms with Crippen LogP contribution in [0.4, 0.5) is 0 Å². The lowest BCUT2D eigenvalue weighted by Crippen LogP contribution is -2.07. The number of esters is 1. The molecule has 0 saturated carbocycles. The molecular weight excluding hydrogens is 288 g/mol. The third kappa shape index (κ3) is 2.83. The van der Waals surface area contributed by atoms with Crippen LogP contribution in [-0.4, -0.2) is 22.5 Å². The van der Waals surface area contributed by atoms with Crippen LogP contribution in [0.1, 0.15) is 22.8 Å². The molecule has 23 heavy (non-hydrogen) atoms. The Kier molecular flexibility index (Phi) is 4.15. The molecule has 0 aliphatic heterocycles. The zero-order chi connectivity index (χ0) is 16.2. The van der Waals surface area contributed by atoms with E-state index in [1.54, 1.807) is 31.6 Å². The molecule has 0 spiro atoms. The van der Waals surface area contributed by atoms with Crippen LogP contribution in [-0.2, 0) is 4.74 Å². The van der Waals surface area contributed by atoms with Gasteiger partial charge in [0.25, 0.3) is 0 Å². The highest BCUT2D eigenvalue weighted by molar-refractivity contribution is 6.07. The van der Waals surface area contributed by atoms with Gasteiger partial charge in [-0.2, -0.15) is 0 Å². The highest BCUT2D eigenvalue weighted by atomic mass is 16.5. The van der Waals surface area contributed by atoms with Crippen LogP contribution in [0.3, 0.4) is 0 Å². The average Bonchev–Trinajstić information content (AvgIpc) is 2.61. The number of pyridine rings is 2. The molecule has 0 bridgehead atoms. The van der Waals surface area contributed by atoms with Gasteiger partial charge >= 0.3 is 5.97 Å². The first-order valence-electron chi connectivity index (χ1n) is 7.37. The van der Waals surface area contributed by atoms with Crippen molar-refractivity contribution in [1.29, 1.82) is 0 Å². The van der Waals surface area contributed by atoms with E-state index in [-0.39, 0.29) is 5.97 Å². The highest BCUT2D eigenvalue weighted by Crippen LogP contribution is 2.32. The molecule has 0 aliphatic rings. The molecule has 0 atom stereocenters. The van der Waals surface area contributed by atoms with Crippen molar-refractivity contribution in [3.63, 3.8) is 0 Å². The van der Waals surface area contributed by atoms with E-state index < -0.39 is 0 Å². The number of hydrogen-bond acceptors (Lipinski definition) is 4. The molecule has 0 unspecified atom stereocenters. The van der Waals surface area contributed by atoms with E-state index in [9.17, 15) is 4.79 Å². The molecule has 4 heteroatoms. The fourth-order valence-corrected chi connectivity index (χ4v) is 2.53. The molecule has 2 heterocycles. The Balaban J connectivity index is 2.35. The van der Waals surface area contributed by atoms with E-state index in [2.05, 4.69) is 16.5 Å². The van der Waals surface area contributed by atoms with Crippen molar-refractivity contribution in [2.75, 3.05) is 6.61 Å². The van der Waals surface area contributed by atoms with Crippen molar-refractivity contribution in [3.8, 4) is 11.1 Å². The molecule has 0 saturated heterocycles. The molecule has 2 aromatic heterocycles. The molecule has 1 aromatic carbocycles. The number of ether oxygens (including phenoxy) is 1. The van der Waals surface area contributed by atoms with Crippen LogP contribution in [0.25, 0.3) is 28.1 Å². The summed E-state index contributed by atoms with van der Waals surface area (Å²) in [6.07, 6.45) is 6.75. The third-order valence-electron chi connectivity index (χ3n) is 3.59. The molecule has 0 amide bonds. The van der Waals surface area contributed by atoms with Gasteiger partial charge in [0.2, 0.25) is 0 Å². The van der Waals surface area contributed by atoms with Gasteiger partial charge in [-0.1, -0.05) is 18.7 Å². The van der Waals surface area contributed by atoms with Gasteiger partial charge in [-0.05, 0) is 42.3 Å². The fraction of sp³-hybridized carbons (Fsp3) is 0.105. The molecule has 4 nitrogen and oxygen atoms in total. The summed E-state index contributed by atoms with van der Waals surface area (Å²) in [5.41, 5.74) is 3.94. The first kappa shape index (κ1) is 14.9. The molecule has 0 fully saturated rings. The van der Waals surface area contributed by atoms with Gasteiger partial charge in [-0.25, -0.2) is 4.79 Å². The maximum Gasteiger partial charge on any atom is 0.340 e. The topological polar surface area (TPSA) is 52.1 Å². The van der Waals surface area contributed by atoms with Crippen LogP contribution in [0.2, 0.25) is 0 Å². The van der Waals surface area contributed by atoms with Gasteiger partial charge in [0.05, 0.1) is 17.7 Å². The fourth-order valence-electron chi connectivity index (χ4n) is 2.53. The predicted octanol–water partition coefficient (Wildman–Crippen LogP) is 4.12. The smallest absolute Gasteiger partial charge is 0.340 e. The number of carbonyl (C=O) groups is 1. The molecule has 0 radical (unpaired) electrons. The number of aromatic nitrogens is 2. The second-order valence-electron chi connectivity index (χ2n) is 4.98. The first-order valence-corrected chi connectivity index (χ1v) is 7.37. The maximum absolute atomic E-state index is 12.3. The number of rotatable bonds is 4. The van der Waals surface area contributed by atoms with Gasteiger partial charge in [-0.15, -0.1) is 0 Å². The SMILES string of the molecule is C=Cc1ccc2ncc(C(=O)OCC)c(-c3ccncc3)c2c1. The average molecular weight is 304 g/mol. The first-order chi connectivity index (χ1) is 11.2. The van der Waals surface area contributed by atoms with Gasteiger partial charge in [0.15, 0.2) is 0 Å². The van der Waals surface area contributed by atoms with Crippen LogP contribution in [0.5, 0.6) is 0 Å². The van der Waals surface area contributed by atoms with E-state index in [1.807, 2.05) is 30.3 Å². The monoisotopic (exact) mass is 304 g/mol. The Labute approximate surface area is 134 Å². The largest absolute Gasteiger partial charge is 0.462 e. The second kappa shape index (κ2) is 6.40. The Hall–Kier alpha value is -3.01. The lowest BCUT2D eigenvalue weighted by Gasteiger charge is -2.12. The summed E-state index contributed by atoms with van der Waals surface area (Å²) in [5, 5.41) is 0.888. The molecule has 3 rings (SSSR count). The minimum absolute atomic E-state index is 0.319. The van der Waals surface area contributed by atoms with Crippen molar-refractivity contribution < 1.29 is 9.53 Å². The Morgan fingerprint density at radius 3 is 2.74 bits per heavy atom. The van der Waals surface area contributed by atoms with E-state index in [0.717, 1.165) is 27.6 Å². The molecule has 0 N–H and O–H groups in total. The summed E-state index contributed by atoms with van der Waals surface area (Å²) in [4.78, 5) is 20.8. The van der Waals surface area contributed by atoms with Gasteiger partial charge in [0.1, 0.15) is 0 Å². The van der Waals surface area contributed by atoms with Crippen molar-refractivity contribution in [3.05, 3.63) is 66.6 Å². The normalized spacial score (nSPS) is 10.5. The number of carbonyl (C=O) groups excluding carboxylic acids is 1. The van der Waals surface area contributed by atoms with E-state index in [0.29, 0.717) is 12.2 Å². The molecule has 114 valence electrons. The Morgan fingerprint density at radius 2 is 2.04 bits per heavy atom. The van der Waals surface area contributed by atoms with Crippen LogP contribution < -0.4 is 0 Å². The summed E-state index contributed by atoms with van der Waals surface area (Å²) in [6.45, 7) is 5.91. The van der Waals surface area contributed by atoms with Crippen molar-refractivity contribution in [2.24, 2.45) is 0 Å². The number of fused-ring (bicyclic) bond motifs is 1. The minimum atomic E-state index is -0.377. The molecular formula is C19H16N2O2. The molecule has 3 aromatic rings. The zero-order valence-electron chi connectivity index (χ0n) is 12.8. The molecule has 0 aliphatic carbocycles. The van der Waals surface area contributed by atoms with Crippen molar-refractivity contribution in [2.45, 2.75) is 6.92 Å². The number of nitrogens with zero attached hydrogens (tertiary/aromatic N) is 2.